The Kier molecular flexibility index (Phi) is 6.36. The van der Waals surface area contributed by atoms with Crippen LogP contribution in [-0.2, 0) is 4.79 Å². The number of methoxy groups -OCH3 is 2. The molecule has 9 nitrogen and oxygen atoms in total. The van der Waals surface area contributed by atoms with E-state index in [1.54, 1.807) is 37.4 Å². The number of phenols is 2. The molecule has 0 bridgehead atoms. The second kappa shape index (κ2) is 9.66. The van der Waals surface area contributed by atoms with Gasteiger partial charge < -0.3 is 33.6 Å². The van der Waals surface area contributed by atoms with Crippen LogP contribution in [0.5, 0.6) is 34.5 Å². The van der Waals surface area contributed by atoms with Crippen molar-refractivity contribution in [3.8, 4) is 45.8 Å². The number of ether oxygens (including phenoxy) is 4. The fraction of sp³-hybridized carbons (Fsp3) is 0.241. The van der Waals surface area contributed by atoms with Gasteiger partial charge in [0.15, 0.2) is 28.4 Å². The average molecular weight is 519 g/mol. The van der Waals surface area contributed by atoms with Gasteiger partial charge in [0.05, 0.1) is 26.7 Å². The maximum atomic E-state index is 13.2. The first-order chi connectivity index (χ1) is 18.2. The van der Waals surface area contributed by atoms with E-state index >= 15 is 0 Å². The molecule has 0 unspecified atom stereocenters. The minimum atomic E-state index is -0.572. The van der Waals surface area contributed by atoms with Gasteiger partial charge in [-0.25, -0.2) is 0 Å². The molecule has 2 heterocycles. The van der Waals surface area contributed by atoms with Gasteiger partial charge in [-0.2, -0.15) is 0 Å². The van der Waals surface area contributed by atoms with E-state index in [9.17, 15) is 19.8 Å². The minimum absolute atomic E-state index is 0.0302. The number of fused-ring (bicyclic) bond motifs is 3. The molecule has 1 aliphatic heterocycles. The van der Waals surface area contributed by atoms with Crippen LogP contribution in [-0.4, -0.2) is 36.5 Å². The van der Waals surface area contributed by atoms with Gasteiger partial charge in [0.25, 0.3) is 0 Å². The molecule has 1 aromatic heterocycles. The van der Waals surface area contributed by atoms with Crippen molar-refractivity contribution in [1.29, 1.82) is 0 Å². The summed E-state index contributed by atoms with van der Waals surface area (Å²) in [5.74, 6) is -0.0304. The summed E-state index contributed by atoms with van der Waals surface area (Å²) in [6.45, 7) is 3.78. The predicted octanol–water partition coefficient (Wildman–Crippen LogP) is 5.12. The van der Waals surface area contributed by atoms with Crippen molar-refractivity contribution in [3.63, 3.8) is 0 Å². The van der Waals surface area contributed by atoms with Crippen LogP contribution < -0.4 is 24.4 Å². The third-order valence-corrected chi connectivity index (χ3v) is 6.34. The van der Waals surface area contributed by atoms with E-state index < -0.39 is 17.3 Å². The summed E-state index contributed by atoms with van der Waals surface area (Å²) >= 11 is 0. The van der Waals surface area contributed by atoms with E-state index in [1.165, 1.54) is 25.3 Å². The number of hydrogen-bond donors (Lipinski definition) is 2. The highest BCUT2D eigenvalue weighted by Gasteiger charge is 2.34. The summed E-state index contributed by atoms with van der Waals surface area (Å²) in [5, 5.41) is 20.9. The van der Waals surface area contributed by atoms with Gasteiger partial charge in [-0.1, -0.05) is 6.07 Å². The molecule has 0 saturated heterocycles. The Balaban J connectivity index is 1.75. The van der Waals surface area contributed by atoms with E-state index in [-0.39, 0.29) is 52.3 Å². The van der Waals surface area contributed by atoms with Crippen molar-refractivity contribution in [2.45, 2.75) is 32.3 Å². The number of carbonyl (C=O) groups excluding carboxylic acids is 1. The topological polar surface area (TPSA) is 125 Å². The standard InChI is InChI=1S/C29H26O9/c1-14(2)36-24-10-15(5-8-22(24)35-4)17-11-26(33)37-25-13-20(32)28-19(31)12-23(38-29(28)27(17)25)16-6-7-21(34-3)18(30)9-16/h5-10,12-14,17,30,32H,11H2,1-4H3/t17-/m1/s1. The lowest BCUT2D eigenvalue weighted by Crippen LogP contribution is -2.22. The van der Waals surface area contributed by atoms with Crippen LogP contribution in [0.1, 0.15) is 37.3 Å². The molecule has 3 aromatic carbocycles. The number of hydrogen-bond acceptors (Lipinski definition) is 9. The van der Waals surface area contributed by atoms with Crippen molar-refractivity contribution in [2.24, 2.45) is 0 Å². The first-order valence-corrected chi connectivity index (χ1v) is 12.0. The molecule has 2 N–H and O–H groups in total. The van der Waals surface area contributed by atoms with Gasteiger partial charge in [-0.15, -0.1) is 0 Å². The van der Waals surface area contributed by atoms with Crippen molar-refractivity contribution in [3.05, 3.63) is 69.9 Å². The zero-order valence-electron chi connectivity index (χ0n) is 21.2. The Morgan fingerprint density at radius 3 is 2.32 bits per heavy atom. The lowest BCUT2D eigenvalue weighted by Gasteiger charge is -2.26. The Morgan fingerprint density at radius 2 is 1.63 bits per heavy atom. The lowest BCUT2D eigenvalue weighted by atomic mass is 9.85. The maximum Gasteiger partial charge on any atom is 0.312 e. The Hall–Kier alpha value is -4.66. The van der Waals surface area contributed by atoms with Crippen LogP contribution in [0.15, 0.2) is 57.7 Å². The smallest absolute Gasteiger partial charge is 0.312 e. The zero-order valence-corrected chi connectivity index (χ0v) is 21.2. The molecule has 0 saturated carbocycles. The summed E-state index contributed by atoms with van der Waals surface area (Å²) in [6.07, 6.45) is -0.153. The molecule has 0 aliphatic carbocycles. The zero-order chi connectivity index (χ0) is 27.1. The quantitative estimate of drug-likeness (QED) is 0.264. The van der Waals surface area contributed by atoms with Crippen LogP contribution in [0.3, 0.4) is 0 Å². The van der Waals surface area contributed by atoms with E-state index in [4.69, 9.17) is 23.4 Å². The second-order valence-electron chi connectivity index (χ2n) is 9.18. The van der Waals surface area contributed by atoms with Gasteiger partial charge in [-0.3, -0.25) is 9.59 Å². The van der Waals surface area contributed by atoms with E-state index in [0.29, 0.717) is 28.2 Å². The van der Waals surface area contributed by atoms with Crippen molar-refractivity contribution in [1.82, 2.24) is 0 Å². The van der Waals surface area contributed by atoms with Crippen molar-refractivity contribution < 1.29 is 38.4 Å². The molecule has 4 aromatic rings. The molecule has 5 rings (SSSR count). The molecular weight excluding hydrogens is 492 g/mol. The van der Waals surface area contributed by atoms with Gasteiger partial charge in [0.1, 0.15) is 28.2 Å². The number of rotatable bonds is 6. The third-order valence-electron chi connectivity index (χ3n) is 6.34. The maximum absolute atomic E-state index is 13.2. The molecule has 38 heavy (non-hydrogen) atoms. The summed E-state index contributed by atoms with van der Waals surface area (Å²) in [6, 6.07) is 12.4. The minimum Gasteiger partial charge on any atom is -0.507 e. The summed E-state index contributed by atoms with van der Waals surface area (Å²) in [5.41, 5.74) is 1.15. The lowest BCUT2D eigenvalue weighted by molar-refractivity contribution is -0.135. The Morgan fingerprint density at radius 1 is 0.895 bits per heavy atom. The number of aromatic hydroxyl groups is 2. The first kappa shape index (κ1) is 25.0. The van der Waals surface area contributed by atoms with E-state index in [1.807, 2.05) is 13.8 Å². The molecule has 1 aliphatic rings. The highest BCUT2D eigenvalue weighted by Crippen LogP contribution is 2.47. The van der Waals surface area contributed by atoms with E-state index in [0.717, 1.165) is 0 Å². The molecular formula is C29H26O9. The Bertz CT molecular complexity index is 1620. The number of esters is 1. The molecule has 196 valence electrons. The fourth-order valence-corrected chi connectivity index (χ4v) is 4.69. The average Bonchev–Trinajstić information content (AvgIpc) is 2.87. The Labute approximate surface area is 217 Å². The second-order valence-corrected chi connectivity index (χ2v) is 9.18. The van der Waals surface area contributed by atoms with Crippen LogP contribution >= 0.6 is 0 Å². The normalized spacial score (nSPS) is 14.8. The monoisotopic (exact) mass is 518 g/mol. The van der Waals surface area contributed by atoms with Crippen molar-refractivity contribution >= 4 is 16.9 Å². The van der Waals surface area contributed by atoms with Gasteiger partial charge in [-0.05, 0) is 49.7 Å². The molecule has 0 radical (unpaired) electrons. The SMILES string of the molecule is COc1ccc(-c2cc(=O)c3c(O)cc4c(c3o2)[C@@H](c2ccc(OC)c(OC(C)C)c2)CC(=O)O4)cc1O. The molecule has 0 amide bonds. The van der Waals surface area contributed by atoms with Crippen LogP contribution in [0.2, 0.25) is 0 Å². The van der Waals surface area contributed by atoms with Crippen LogP contribution in [0.25, 0.3) is 22.3 Å². The molecule has 9 heteroatoms. The third kappa shape index (κ3) is 4.36. The van der Waals surface area contributed by atoms with E-state index in [2.05, 4.69) is 0 Å². The van der Waals surface area contributed by atoms with Gasteiger partial charge in [0.2, 0.25) is 0 Å². The number of carbonyl (C=O) groups is 1. The van der Waals surface area contributed by atoms with Gasteiger partial charge >= 0.3 is 5.97 Å². The van der Waals surface area contributed by atoms with Crippen LogP contribution in [0.4, 0.5) is 0 Å². The molecule has 1 atom stereocenters. The first-order valence-electron chi connectivity index (χ1n) is 12.0. The highest BCUT2D eigenvalue weighted by atomic mass is 16.5. The largest absolute Gasteiger partial charge is 0.507 e. The summed E-state index contributed by atoms with van der Waals surface area (Å²) in [4.78, 5) is 25.8. The number of phenolic OH excluding ortho intramolecular Hbond substituents is 2. The summed E-state index contributed by atoms with van der Waals surface area (Å²) in [7, 11) is 2.97. The summed E-state index contributed by atoms with van der Waals surface area (Å²) < 4.78 is 28.1. The predicted molar refractivity (Wildman–Crippen MR) is 139 cm³/mol. The fourth-order valence-electron chi connectivity index (χ4n) is 4.69. The van der Waals surface area contributed by atoms with Gasteiger partial charge in [0, 0.05) is 29.2 Å². The molecule has 0 fully saturated rings. The van der Waals surface area contributed by atoms with Crippen LogP contribution in [0, 0.1) is 0 Å². The molecule has 0 spiro atoms. The number of benzene rings is 3. The highest BCUT2D eigenvalue weighted by molar-refractivity contribution is 5.93. The van der Waals surface area contributed by atoms with Crippen molar-refractivity contribution in [2.75, 3.05) is 14.2 Å².